The molecule has 0 spiro atoms. The van der Waals surface area contributed by atoms with Crippen LogP contribution in [0.25, 0.3) is 0 Å². The van der Waals surface area contributed by atoms with Crippen LogP contribution in [0.1, 0.15) is 36.9 Å². The first-order valence-corrected chi connectivity index (χ1v) is 7.29. The van der Waals surface area contributed by atoms with Gasteiger partial charge in [-0.15, -0.1) is 11.3 Å². The number of carbonyl (C=O) groups is 3. The summed E-state index contributed by atoms with van der Waals surface area (Å²) in [6.07, 6.45) is -1.25. The summed E-state index contributed by atoms with van der Waals surface area (Å²) in [7, 11) is 0. The van der Waals surface area contributed by atoms with Crippen molar-refractivity contribution in [1.29, 1.82) is 0 Å². The molecule has 0 fully saturated rings. The van der Waals surface area contributed by atoms with Gasteiger partial charge < -0.3 is 15.2 Å². The number of hydrogen-bond donors (Lipinski definition) is 2. The number of rotatable bonds is 5. The molecule has 1 atom stereocenters. The first kappa shape index (κ1) is 17.5. The number of Topliss-reactive ketones (excluding diaryl/α,β-unsaturated/α-hetero) is 1. The van der Waals surface area contributed by atoms with Gasteiger partial charge in [-0.1, -0.05) is 11.6 Å². The third-order valence-electron chi connectivity index (χ3n) is 2.23. The Morgan fingerprint density at radius 1 is 1.38 bits per heavy atom. The third-order valence-corrected chi connectivity index (χ3v) is 3.50. The van der Waals surface area contributed by atoms with E-state index in [0.29, 0.717) is 9.21 Å². The predicted octanol–water partition coefficient (Wildman–Crippen LogP) is 2.95. The lowest BCUT2D eigenvalue weighted by Gasteiger charge is -2.21. The molecule has 1 rings (SSSR count). The van der Waals surface area contributed by atoms with Crippen LogP contribution >= 0.6 is 22.9 Å². The van der Waals surface area contributed by atoms with Gasteiger partial charge in [-0.25, -0.2) is 9.59 Å². The number of hydrogen-bond acceptors (Lipinski definition) is 5. The van der Waals surface area contributed by atoms with Crippen LogP contribution in [0.2, 0.25) is 4.34 Å². The topological polar surface area (TPSA) is 92.7 Å². The van der Waals surface area contributed by atoms with E-state index >= 15 is 0 Å². The summed E-state index contributed by atoms with van der Waals surface area (Å²) < 4.78 is 5.40. The molecule has 1 aromatic heterocycles. The van der Waals surface area contributed by atoms with Crippen molar-refractivity contribution in [3.8, 4) is 0 Å². The van der Waals surface area contributed by atoms with E-state index in [4.69, 9.17) is 21.4 Å². The molecule has 0 saturated heterocycles. The van der Waals surface area contributed by atoms with Crippen molar-refractivity contribution in [3.63, 3.8) is 0 Å². The fraction of sp³-hybridized carbons (Fsp3) is 0.462. The van der Waals surface area contributed by atoms with Gasteiger partial charge in [0, 0.05) is 6.42 Å². The summed E-state index contributed by atoms with van der Waals surface area (Å²) in [6, 6.07) is 1.71. The molecule has 1 heterocycles. The van der Waals surface area contributed by atoms with Crippen LogP contribution in [0.15, 0.2) is 12.1 Å². The average molecular weight is 334 g/mol. The minimum absolute atomic E-state index is 0.345. The Kier molecular flexibility index (Phi) is 5.74. The molecule has 6 nitrogen and oxygen atoms in total. The second kappa shape index (κ2) is 6.91. The van der Waals surface area contributed by atoms with E-state index in [1.807, 2.05) is 0 Å². The van der Waals surface area contributed by atoms with E-state index in [1.165, 1.54) is 6.07 Å². The van der Waals surface area contributed by atoms with E-state index in [2.05, 4.69) is 5.32 Å². The van der Waals surface area contributed by atoms with Crippen LogP contribution in [0, 0.1) is 0 Å². The van der Waals surface area contributed by atoms with E-state index in [9.17, 15) is 14.4 Å². The van der Waals surface area contributed by atoms with Gasteiger partial charge in [-0.3, -0.25) is 4.79 Å². The second-order valence-electron chi connectivity index (χ2n) is 5.27. The first-order chi connectivity index (χ1) is 9.58. The van der Waals surface area contributed by atoms with Gasteiger partial charge in [0.2, 0.25) is 0 Å². The van der Waals surface area contributed by atoms with Gasteiger partial charge in [-0.2, -0.15) is 0 Å². The number of alkyl carbamates (subject to hydrolysis) is 1. The summed E-state index contributed by atoms with van der Waals surface area (Å²) in [4.78, 5) is 35.0. The summed E-state index contributed by atoms with van der Waals surface area (Å²) in [5.74, 6) is -1.72. The van der Waals surface area contributed by atoms with Crippen LogP contribution in [-0.2, 0) is 9.53 Å². The maximum atomic E-state index is 11.9. The summed E-state index contributed by atoms with van der Waals surface area (Å²) >= 11 is 6.78. The lowest BCUT2D eigenvalue weighted by Crippen LogP contribution is -2.44. The Morgan fingerprint density at radius 2 is 2.00 bits per heavy atom. The molecular weight excluding hydrogens is 318 g/mol. The van der Waals surface area contributed by atoms with Crippen LogP contribution < -0.4 is 5.32 Å². The Morgan fingerprint density at radius 3 is 2.43 bits per heavy atom. The zero-order chi connectivity index (χ0) is 16.2. The number of halogens is 1. The molecule has 0 aliphatic heterocycles. The number of ketones is 1. The number of nitrogens with one attached hydrogen (secondary N) is 1. The number of thiophene rings is 1. The van der Waals surface area contributed by atoms with Crippen LogP contribution in [0.3, 0.4) is 0 Å². The molecule has 1 unspecified atom stereocenters. The van der Waals surface area contributed by atoms with E-state index < -0.39 is 29.5 Å². The molecule has 0 bridgehead atoms. The SMILES string of the molecule is CC(C)(C)OC(=O)NC(CC(=O)c1ccc(Cl)s1)C(=O)O. The number of ether oxygens (including phenoxy) is 1. The molecule has 116 valence electrons. The van der Waals surface area contributed by atoms with E-state index in [0.717, 1.165) is 11.3 Å². The van der Waals surface area contributed by atoms with Gasteiger partial charge in [0.1, 0.15) is 11.6 Å². The van der Waals surface area contributed by atoms with Crippen molar-refractivity contribution in [1.82, 2.24) is 5.32 Å². The number of amides is 1. The summed E-state index contributed by atoms with van der Waals surface area (Å²) in [5, 5.41) is 11.2. The normalized spacial score (nSPS) is 12.6. The molecule has 1 aromatic rings. The van der Waals surface area contributed by atoms with Gasteiger partial charge in [0.25, 0.3) is 0 Å². The van der Waals surface area contributed by atoms with Gasteiger partial charge in [-0.05, 0) is 32.9 Å². The zero-order valence-corrected chi connectivity index (χ0v) is 13.4. The fourth-order valence-electron chi connectivity index (χ4n) is 1.40. The van der Waals surface area contributed by atoms with Crippen LogP contribution in [-0.4, -0.2) is 34.6 Å². The standard InChI is InChI=1S/C13H16ClNO5S/c1-13(2,3)20-12(19)15-7(11(17)18)6-8(16)9-4-5-10(14)21-9/h4-5,7H,6H2,1-3H3,(H,15,19)(H,17,18). The zero-order valence-electron chi connectivity index (χ0n) is 11.8. The van der Waals surface area contributed by atoms with Crippen molar-refractivity contribution in [2.24, 2.45) is 0 Å². The lowest BCUT2D eigenvalue weighted by molar-refractivity contribution is -0.139. The number of carbonyl (C=O) groups excluding carboxylic acids is 2. The maximum absolute atomic E-state index is 11.9. The molecule has 0 aliphatic rings. The molecule has 0 aromatic carbocycles. The Bertz CT molecular complexity index is 549. The first-order valence-electron chi connectivity index (χ1n) is 6.09. The van der Waals surface area contributed by atoms with E-state index in [-0.39, 0.29) is 6.42 Å². The number of carboxylic acid groups (broad SMARTS) is 1. The molecule has 2 N–H and O–H groups in total. The minimum Gasteiger partial charge on any atom is -0.480 e. The molecule has 1 amide bonds. The highest BCUT2D eigenvalue weighted by Crippen LogP contribution is 2.23. The van der Waals surface area contributed by atoms with Crippen molar-refractivity contribution in [3.05, 3.63) is 21.3 Å². The minimum atomic E-state index is -1.35. The highest BCUT2D eigenvalue weighted by atomic mass is 35.5. The van der Waals surface area contributed by atoms with E-state index in [1.54, 1.807) is 26.8 Å². The van der Waals surface area contributed by atoms with Crippen molar-refractivity contribution in [2.45, 2.75) is 38.8 Å². The quantitative estimate of drug-likeness (QED) is 0.808. The smallest absolute Gasteiger partial charge is 0.408 e. The molecule has 21 heavy (non-hydrogen) atoms. The third kappa shape index (κ3) is 6.14. The molecule has 8 heteroatoms. The second-order valence-corrected chi connectivity index (χ2v) is 6.98. The molecule has 0 saturated carbocycles. The largest absolute Gasteiger partial charge is 0.480 e. The van der Waals surface area contributed by atoms with Crippen molar-refractivity contribution < 1.29 is 24.2 Å². The molecule has 0 aliphatic carbocycles. The van der Waals surface area contributed by atoms with Crippen molar-refractivity contribution in [2.75, 3.05) is 0 Å². The predicted molar refractivity (Wildman–Crippen MR) is 79.1 cm³/mol. The van der Waals surface area contributed by atoms with Gasteiger partial charge >= 0.3 is 12.1 Å². The van der Waals surface area contributed by atoms with Gasteiger partial charge in [0.15, 0.2) is 5.78 Å². The molecule has 0 radical (unpaired) electrons. The maximum Gasteiger partial charge on any atom is 0.408 e. The number of carboxylic acids is 1. The molecular formula is C13H16ClNO5S. The summed E-state index contributed by atoms with van der Waals surface area (Å²) in [5.41, 5.74) is -0.752. The Hall–Kier alpha value is -1.60. The Balaban J connectivity index is 2.68. The fourth-order valence-corrected chi connectivity index (χ4v) is 2.39. The highest BCUT2D eigenvalue weighted by Gasteiger charge is 2.27. The van der Waals surface area contributed by atoms with Crippen LogP contribution in [0.4, 0.5) is 4.79 Å². The highest BCUT2D eigenvalue weighted by molar-refractivity contribution is 7.18. The van der Waals surface area contributed by atoms with Gasteiger partial charge in [0.05, 0.1) is 9.21 Å². The monoisotopic (exact) mass is 333 g/mol. The average Bonchev–Trinajstić information content (AvgIpc) is 2.72. The van der Waals surface area contributed by atoms with Crippen molar-refractivity contribution >= 4 is 40.8 Å². The summed E-state index contributed by atoms with van der Waals surface area (Å²) in [6.45, 7) is 4.96. The van der Waals surface area contributed by atoms with Crippen LogP contribution in [0.5, 0.6) is 0 Å². The lowest BCUT2D eigenvalue weighted by atomic mass is 10.1. The Labute approximate surface area is 131 Å². The number of aliphatic carboxylic acids is 1.